The van der Waals surface area contributed by atoms with Gasteiger partial charge in [-0.2, -0.15) is 4.31 Å². The van der Waals surface area contributed by atoms with Gasteiger partial charge in [0.15, 0.2) is 0 Å². The van der Waals surface area contributed by atoms with E-state index in [2.05, 4.69) is 0 Å². The van der Waals surface area contributed by atoms with Gasteiger partial charge < -0.3 is 0 Å². The second-order valence-electron chi connectivity index (χ2n) is 6.99. The minimum Gasteiger partial charge on any atom is -0.299 e. The van der Waals surface area contributed by atoms with Crippen LogP contribution in [-0.4, -0.2) is 31.6 Å². The smallest absolute Gasteiger partial charge is 0.243 e. The van der Waals surface area contributed by atoms with Crippen molar-refractivity contribution >= 4 is 39.0 Å². The summed E-state index contributed by atoms with van der Waals surface area (Å²) in [4.78, 5) is 12.5. The fraction of sp³-hybridized carbons (Fsp3) is 0.350. The molecule has 1 aliphatic rings. The maximum atomic E-state index is 13.7. The molecule has 0 bridgehead atoms. The van der Waals surface area contributed by atoms with Crippen LogP contribution in [0.15, 0.2) is 41.3 Å². The minimum atomic E-state index is -3.76. The van der Waals surface area contributed by atoms with E-state index in [1.165, 1.54) is 22.5 Å². The Morgan fingerprint density at radius 2 is 1.66 bits per heavy atom. The van der Waals surface area contributed by atoms with Gasteiger partial charge in [-0.05, 0) is 61.2 Å². The molecule has 2 aromatic rings. The normalized spacial score (nSPS) is 16.1. The van der Waals surface area contributed by atoms with Crippen molar-refractivity contribution in [1.82, 2.24) is 4.31 Å². The number of rotatable bonds is 6. The Kier molecular flexibility index (Phi) is 6.94. The first-order valence-corrected chi connectivity index (χ1v) is 11.3. The van der Waals surface area contributed by atoms with Gasteiger partial charge in [0.25, 0.3) is 0 Å². The lowest BCUT2D eigenvalue weighted by molar-refractivity contribution is -0.123. The summed E-state index contributed by atoms with van der Waals surface area (Å²) >= 11 is 11.8. The van der Waals surface area contributed by atoms with E-state index in [-0.39, 0.29) is 58.1 Å². The number of carbonyl (C=O) groups is 1. The van der Waals surface area contributed by atoms with Crippen LogP contribution >= 0.6 is 23.2 Å². The quantitative estimate of drug-likeness (QED) is 0.616. The summed E-state index contributed by atoms with van der Waals surface area (Å²) in [7, 11) is -3.76. The number of Topliss-reactive ketones (excluding diaryl/α,β-unsaturated/α-hetero) is 1. The first kappa shape index (κ1) is 22.2. The Labute approximate surface area is 178 Å². The monoisotopic (exact) mass is 461 g/mol. The summed E-state index contributed by atoms with van der Waals surface area (Å²) < 4.78 is 53.8. The van der Waals surface area contributed by atoms with Gasteiger partial charge in [-0.3, -0.25) is 4.79 Å². The van der Waals surface area contributed by atoms with Crippen molar-refractivity contribution in [3.63, 3.8) is 0 Å². The zero-order chi connectivity index (χ0) is 21.2. The Morgan fingerprint density at radius 1 is 1.03 bits per heavy atom. The minimum absolute atomic E-state index is 0.0151. The summed E-state index contributed by atoms with van der Waals surface area (Å²) in [5.41, 5.74) is 0.163. The molecule has 1 heterocycles. The van der Waals surface area contributed by atoms with Crippen LogP contribution in [0, 0.1) is 17.6 Å². The van der Waals surface area contributed by atoms with Crippen LogP contribution in [0.5, 0.6) is 0 Å². The third-order valence-electron chi connectivity index (χ3n) is 5.03. The first-order valence-electron chi connectivity index (χ1n) is 9.09. The van der Waals surface area contributed by atoms with Gasteiger partial charge >= 0.3 is 0 Å². The van der Waals surface area contributed by atoms with E-state index < -0.39 is 21.7 Å². The average molecular weight is 462 g/mol. The van der Waals surface area contributed by atoms with Crippen LogP contribution in [0.25, 0.3) is 0 Å². The molecule has 156 valence electrons. The zero-order valence-corrected chi connectivity index (χ0v) is 17.7. The van der Waals surface area contributed by atoms with Crippen molar-refractivity contribution in [1.29, 1.82) is 0 Å². The third kappa shape index (κ3) is 5.34. The summed E-state index contributed by atoms with van der Waals surface area (Å²) in [6, 6.07) is 7.30. The molecule has 0 N–H and O–H groups in total. The molecule has 0 amide bonds. The standard InChI is InChI=1S/C20H19Cl2F2NO3S/c21-15-10-16(22)12-18(11-15)29(27,28)25-7-5-13(6-8-25)20(26)4-1-14-9-17(23)2-3-19(14)24/h2-3,9-13H,1,4-8H2. The molecule has 0 unspecified atom stereocenters. The molecule has 0 radical (unpaired) electrons. The van der Waals surface area contributed by atoms with Gasteiger partial charge in [-0.25, -0.2) is 17.2 Å². The van der Waals surface area contributed by atoms with Crippen LogP contribution in [0.3, 0.4) is 0 Å². The van der Waals surface area contributed by atoms with Crippen LogP contribution in [0.2, 0.25) is 10.0 Å². The number of ketones is 1. The van der Waals surface area contributed by atoms with Crippen molar-refractivity contribution in [2.45, 2.75) is 30.6 Å². The third-order valence-corrected chi connectivity index (χ3v) is 7.34. The molecule has 2 aromatic carbocycles. The molecule has 0 atom stereocenters. The summed E-state index contributed by atoms with van der Waals surface area (Å²) in [5, 5.41) is 0.455. The molecule has 1 aliphatic heterocycles. The molecule has 3 rings (SSSR count). The lowest BCUT2D eigenvalue weighted by Gasteiger charge is -2.30. The average Bonchev–Trinajstić information content (AvgIpc) is 2.67. The van der Waals surface area contributed by atoms with Gasteiger partial charge in [0.05, 0.1) is 4.90 Å². The summed E-state index contributed by atoms with van der Waals surface area (Å²) in [6.07, 6.45) is 0.944. The van der Waals surface area contributed by atoms with Crippen LogP contribution in [-0.2, 0) is 21.2 Å². The van der Waals surface area contributed by atoms with E-state index in [9.17, 15) is 22.0 Å². The topological polar surface area (TPSA) is 54.5 Å². The maximum absolute atomic E-state index is 13.7. The van der Waals surface area contributed by atoms with E-state index in [0.717, 1.165) is 18.2 Å². The molecule has 9 heteroatoms. The highest BCUT2D eigenvalue weighted by atomic mass is 35.5. The second-order valence-corrected chi connectivity index (χ2v) is 9.80. The largest absolute Gasteiger partial charge is 0.299 e. The second kappa shape index (κ2) is 9.08. The summed E-state index contributed by atoms with van der Waals surface area (Å²) in [5.74, 6) is -1.47. The zero-order valence-electron chi connectivity index (χ0n) is 15.4. The van der Waals surface area contributed by atoms with Crippen molar-refractivity contribution in [3.05, 3.63) is 63.6 Å². The Bertz CT molecular complexity index is 1000. The molecular formula is C20H19Cl2F2NO3S. The predicted octanol–water partition coefficient (Wildman–Crippen LogP) is 4.87. The number of halogens is 4. The molecule has 1 fully saturated rings. The number of piperidine rings is 1. The molecule has 29 heavy (non-hydrogen) atoms. The fourth-order valence-electron chi connectivity index (χ4n) is 3.44. The number of hydrogen-bond acceptors (Lipinski definition) is 3. The SMILES string of the molecule is O=C(CCc1cc(F)ccc1F)C1CCN(S(=O)(=O)c2cc(Cl)cc(Cl)c2)CC1. The fourth-order valence-corrected chi connectivity index (χ4v) is 5.64. The Morgan fingerprint density at radius 3 is 2.28 bits per heavy atom. The summed E-state index contributed by atoms with van der Waals surface area (Å²) in [6.45, 7) is 0.383. The number of benzene rings is 2. The van der Waals surface area contributed by atoms with E-state index in [1.807, 2.05) is 0 Å². The van der Waals surface area contributed by atoms with Crippen molar-refractivity contribution in [2.75, 3.05) is 13.1 Å². The van der Waals surface area contributed by atoms with E-state index in [4.69, 9.17) is 23.2 Å². The molecule has 0 saturated carbocycles. The number of carbonyl (C=O) groups excluding carboxylic acids is 1. The molecular weight excluding hydrogens is 443 g/mol. The van der Waals surface area contributed by atoms with Gasteiger partial charge in [0.1, 0.15) is 17.4 Å². The Hall–Kier alpha value is -1.54. The van der Waals surface area contributed by atoms with E-state index in [1.54, 1.807) is 0 Å². The van der Waals surface area contributed by atoms with Crippen molar-refractivity contribution in [3.8, 4) is 0 Å². The van der Waals surface area contributed by atoms with Gasteiger partial charge in [-0.15, -0.1) is 0 Å². The van der Waals surface area contributed by atoms with Crippen LogP contribution in [0.4, 0.5) is 8.78 Å². The highest BCUT2D eigenvalue weighted by Crippen LogP contribution is 2.29. The lowest BCUT2D eigenvalue weighted by atomic mass is 9.90. The molecule has 0 spiro atoms. The van der Waals surface area contributed by atoms with E-state index >= 15 is 0 Å². The van der Waals surface area contributed by atoms with Gasteiger partial charge in [0, 0.05) is 35.5 Å². The van der Waals surface area contributed by atoms with Gasteiger partial charge in [-0.1, -0.05) is 23.2 Å². The molecule has 4 nitrogen and oxygen atoms in total. The van der Waals surface area contributed by atoms with Gasteiger partial charge in [0.2, 0.25) is 10.0 Å². The van der Waals surface area contributed by atoms with Crippen molar-refractivity contribution < 1.29 is 22.0 Å². The molecule has 0 aromatic heterocycles. The highest BCUT2D eigenvalue weighted by molar-refractivity contribution is 7.89. The molecule has 0 aliphatic carbocycles. The van der Waals surface area contributed by atoms with Crippen LogP contribution < -0.4 is 0 Å². The number of nitrogens with zero attached hydrogens (tertiary/aromatic N) is 1. The number of aryl methyl sites for hydroxylation is 1. The van der Waals surface area contributed by atoms with E-state index in [0.29, 0.717) is 12.8 Å². The number of sulfonamides is 1. The lowest BCUT2D eigenvalue weighted by Crippen LogP contribution is -2.40. The van der Waals surface area contributed by atoms with Crippen molar-refractivity contribution in [2.24, 2.45) is 5.92 Å². The van der Waals surface area contributed by atoms with Crippen LogP contribution in [0.1, 0.15) is 24.8 Å². The number of hydrogen-bond donors (Lipinski definition) is 0. The molecule has 1 saturated heterocycles. The highest BCUT2D eigenvalue weighted by Gasteiger charge is 2.32. The predicted molar refractivity (Wildman–Crippen MR) is 108 cm³/mol. The first-order chi connectivity index (χ1) is 13.7. The maximum Gasteiger partial charge on any atom is 0.243 e. The Balaban J connectivity index is 1.59.